The molecule has 3 atom stereocenters. The Morgan fingerprint density at radius 2 is 2.04 bits per heavy atom. The highest BCUT2D eigenvalue weighted by atomic mass is 16.6. The summed E-state index contributed by atoms with van der Waals surface area (Å²) in [4.78, 5) is 14.9. The van der Waals surface area contributed by atoms with Gasteiger partial charge in [-0.3, -0.25) is 15.1 Å². The molecule has 0 amide bonds. The Morgan fingerprint density at radius 1 is 1.27 bits per heavy atom. The van der Waals surface area contributed by atoms with Crippen molar-refractivity contribution in [2.24, 2.45) is 5.92 Å². The second-order valence-electron chi connectivity index (χ2n) is 7.13. The van der Waals surface area contributed by atoms with Gasteiger partial charge >= 0.3 is 0 Å². The molecule has 0 saturated carbocycles. The molecule has 1 aliphatic heterocycles. The Labute approximate surface area is 153 Å². The molecule has 1 aromatic carbocycles. The van der Waals surface area contributed by atoms with E-state index < -0.39 is 0 Å². The van der Waals surface area contributed by atoms with Gasteiger partial charge in [0.2, 0.25) is 0 Å². The van der Waals surface area contributed by atoms with Gasteiger partial charge in [-0.2, -0.15) is 0 Å². The first-order valence-electron chi connectivity index (χ1n) is 9.05. The number of rotatable bonds is 6. The third kappa shape index (κ3) is 4.45. The van der Waals surface area contributed by atoms with Gasteiger partial charge in [0, 0.05) is 18.8 Å². The lowest BCUT2D eigenvalue weighted by atomic mass is 9.89. The molecule has 2 heterocycles. The first-order valence-corrected chi connectivity index (χ1v) is 9.05. The molecule has 3 unspecified atom stereocenters. The van der Waals surface area contributed by atoms with Crippen LogP contribution in [0.5, 0.6) is 0 Å². The van der Waals surface area contributed by atoms with Gasteiger partial charge in [-0.25, -0.2) is 0 Å². The molecule has 1 saturated heterocycles. The summed E-state index contributed by atoms with van der Waals surface area (Å²) in [5, 5.41) is 15.0. The zero-order valence-corrected chi connectivity index (χ0v) is 15.2. The van der Waals surface area contributed by atoms with Crippen LogP contribution in [-0.4, -0.2) is 22.1 Å². The fourth-order valence-corrected chi connectivity index (χ4v) is 3.43. The van der Waals surface area contributed by atoms with Crippen molar-refractivity contribution < 1.29 is 9.66 Å². The van der Waals surface area contributed by atoms with Crippen LogP contribution in [0.25, 0.3) is 0 Å². The van der Waals surface area contributed by atoms with Crippen molar-refractivity contribution in [1.82, 2.24) is 10.3 Å². The van der Waals surface area contributed by atoms with E-state index in [1.807, 2.05) is 18.2 Å². The number of hydrogen-bond acceptors (Lipinski definition) is 5. The normalized spacial score (nSPS) is 23.1. The highest BCUT2D eigenvalue weighted by Crippen LogP contribution is 2.37. The molecule has 0 spiro atoms. The molecular formula is C20H25N3O3. The van der Waals surface area contributed by atoms with Crippen LogP contribution >= 0.6 is 0 Å². The first kappa shape index (κ1) is 18.5. The molecule has 2 aromatic rings. The summed E-state index contributed by atoms with van der Waals surface area (Å²) in [6.07, 6.45) is 4.28. The van der Waals surface area contributed by atoms with Crippen LogP contribution in [0.2, 0.25) is 0 Å². The summed E-state index contributed by atoms with van der Waals surface area (Å²) in [6, 6.07) is 12.2. The minimum atomic E-state index is -0.378. The fraction of sp³-hybridized carbons (Fsp3) is 0.450. The number of ether oxygens (including phenoxy) is 1. The zero-order chi connectivity index (χ0) is 18.5. The number of pyridine rings is 1. The number of benzene rings is 1. The van der Waals surface area contributed by atoms with E-state index in [2.05, 4.69) is 36.3 Å². The average Bonchev–Trinajstić information content (AvgIpc) is 2.67. The molecule has 0 aliphatic carbocycles. The Balaban J connectivity index is 1.77. The second kappa shape index (κ2) is 8.38. The summed E-state index contributed by atoms with van der Waals surface area (Å²) in [5.74, 6) is 0.347. The maximum atomic E-state index is 11.4. The summed E-state index contributed by atoms with van der Waals surface area (Å²) in [6.45, 7) is 5.03. The van der Waals surface area contributed by atoms with Crippen molar-refractivity contribution in [1.29, 1.82) is 0 Å². The molecule has 1 aliphatic rings. The van der Waals surface area contributed by atoms with E-state index in [0.717, 1.165) is 13.0 Å². The molecule has 6 heteroatoms. The summed E-state index contributed by atoms with van der Waals surface area (Å²) in [7, 11) is 0. The van der Waals surface area contributed by atoms with E-state index in [0.29, 0.717) is 17.9 Å². The maximum absolute atomic E-state index is 11.4. The van der Waals surface area contributed by atoms with Gasteiger partial charge in [0.05, 0.1) is 22.7 Å². The lowest BCUT2D eigenvalue weighted by Crippen LogP contribution is -2.42. The smallest absolute Gasteiger partial charge is 0.293 e. The van der Waals surface area contributed by atoms with Crippen LogP contribution in [0.15, 0.2) is 48.8 Å². The van der Waals surface area contributed by atoms with Gasteiger partial charge in [-0.05, 0) is 30.4 Å². The monoisotopic (exact) mass is 355 g/mol. The molecule has 1 fully saturated rings. The Kier molecular flexibility index (Phi) is 5.96. The van der Waals surface area contributed by atoms with Gasteiger partial charge in [0.15, 0.2) is 0 Å². The van der Waals surface area contributed by atoms with Crippen molar-refractivity contribution in [3.63, 3.8) is 0 Å². The van der Waals surface area contributed by atoms with Crippen molar-refractivity contribution >= 4 is 5.69 Å². The van der Waals surface area contributed by atoms with Crippen LogP contribution in [-0.2, 0) is 11.3 Å². The van der Waals surface area contributed by atoms with Crippen molar-refractivity contribution in [2.75, 3.05) is 0 Å². The molecular weight excluding hydrogens is 330 g/mol. The molecule has 3 rings (SSSR count). The topological polar surface area (TPSA) is 77.3 Å². The van der Waals surface area contributed by atoms with Crippen molar-refractivity contribution in [3.8, 4) is 0 Å². The predicted molar refractivity (Wildman–Crippen MR) is 99.6 cm³/mol. The van der Waals surface area contributed by atoms with Crippen LogP contribution in [0, 0.1) is 16.0 Å². The van der Waals surface area contributed by atoms with E-state index in [-0.39, 0.29) is 28.9 Å². The number of aromatic nitrogens is 1. The molecule has 6 nitrogen and oxygen atoms in total. The molecule has 0 radical (unpaired) electrons. The van der Waals surface area contributed by atoms with Crippen LogP contribution in [0.1, 0.15) is 43.9 Å². The lowest BCUT2D eigenvalue weighted by Gasteiger charge is -2.38. The standard InChI is InChI=1S/C20H25N3O3/c1-14(2)19-10-16(22-12-15-6-4-3-5-7-15)11-20(26-19)17-8-9-21-13-18(17)23(24)25/h3-9,13-14,16,19-20,22H,10-12H2,1-2H3. The number of nitrogens with one attached hydrogen (secondary N) is 1. The number of nitrogens with zero attached hydrogens (tertiary/aromatic N) is 2. The Hall–Kier alpha value is -2.31. The Bertz CT molecular complexity index is 736. The van der Waals surface area contributed by atoms with Crippen molar-refractivity contribution in [3.05, 3.63) is 70.0 Å². The zero-order valence-electron chi connectivity index (χ0n) is 15.2. The number of hydrogen-bond donors (Lipinski definition) is 1. The molecule has 0 bridgehead atoms. The predicted octanol–water partition coefficient (Wildman–Crippen LogP) is 4.02. The highest BCUT2D eigenvalue weighted by molar-refractivity contribution is 5.39. The molecule has 26 heavy (non-hydrogen) atoms. The molecule has 1 aromatic heterocycles. The average molecular weight is 355 g/mol. The second-order valence-corrected chi connectivity index (χ2v) is 7.13. The first-order chi connectivity index (χ1) is 12.5. The van der Waals surface area contributed by atoms with E-state index in [9.17, 15) is 10.1 Å². The minimum absolute atomic E-state index is 0.0312. The third-order valence-electron chi connectivity index (χ3n) is 4.91. The number of nitro groups is 1. The van der Waals surface area contributed by atoms with E-state index in [1.165, 1.54) is 11.8 Å². The van der Waals surface area contributed by atoms with Crippen LogP contribution in [0.3, 0.4) is 0 Å². The van der Waals surface area contributed by atoms with E-state index in [1.54, 1.807) is 12.3 Å². The quantitative estimate of drug-likeness (QED) is 0.625. The highest BCUT2D eigenvalue weighted by Gasteiger charge is 2.34. The van der Waals surface area contributed by atoms with Gasteiger partial charge in [0.25, 0.3) is 5.69 Å². The minimum Gasteiger partial charge on any atom is -0.370 e. The SMILES string of the molecule is CC(C)C1CC(NCc2ccccc2)CC(c2ccncc2[N+](=O)[O-])O1. The van der Waals surface area contributed by atoms with E-state index >= 15 is 0 Å². The maximum Gasteiger partial charge on any atom is 0.293 e. The summed E-state index contributed by atoms with van der Waals surface area (Å²) in [5.41, 5.74) is 1.87. The summed E-state index contributed by atoms with van der Waals surface area (Å²) >= 11 is 0. The summed E-state index contributed by atoms with van der Waals surface area (Å²) < 4.78 is 6.23. The molecule has 1 N–H and O–H groups in total. The van der Waals surface area contributed by atoms with Crippen LogP contribution in [0.4, 0.5) is 5.69 Å². The largest absolute Gasteiger partial charge is 0.370 e. The van der Waals surface area contributed by atoms with Crippen LogP contribution < -0.4 is 5.32 Å². The molecule has 138 valence electrons. The van der Waals surface area contributed by atoms with Crippen molar-refractivity contribution in [2.45, 2.75) is 51.5 Å². The van der Waals surface area contributed by atoms with E-state index in [4.69, 9.17) is 4.74 Å². The fourth-order valence-electron chi connectivity index (χ4n) is 3.43. The Morgan fingerprint density at radius 3 is 2.73 bits per heavy atom. The lowest BCUT2D eigenvalue weighted by molar-refractivity contribution is -0.386. The van der Waals surface area contributed by atoms with Gasteiger partial charge < -0.3 is 10.1 Å². The third-order valence-corrected chi connectivity index (χ3v) is 4.91. The van der Waals surface area contributed by atoms with Gasteiger partial charge in [-0.15, -0.1) is 0 Å². The van der Waals surface area contributed by atoms with Gasteiger partial charge in [0.1, 0.15) is 6.20 Å². The van der Waals surface area contributed by atoms with Gasteiger partial charge in [-0.1, -0.05) is 44.2 Å².